The predicted molar refractivity (Wildman–Crippen MR) is 240 cm³/mol. The molecular formula is C45H49ClN6O6S2. The summed E-state index contributed by atoms with van der Waals surface area (Å²) in [6, 6.07) is 34.8. The van der Waals surface area contributed by atoms with Gasteiger partial charge < -0.3 is 15.0 Å². The van der Waals surface area contributed by atoms with E-state index >= 15 is 0 Å². The highest BCUT2D eigenvalue weighted by atomic mass is 35.5. The summed E-state index contributed by atoms with van der Waals surface area (Å²) in [4.78, 5) is 32.6. The number of hydrogen-bond acceptors (Lipinski definition) is 11. The number of nitrogens with one attached hydrogen (secondary N) is 2. The average molecular weight is 870 g/mol. The second-order valence-corrected chi connectivity index (χ2v) is 18.3. The minimum absolute atomic E-state index is 0.154. The van der Waals surface area contributed by atoms with Crippen molar-refractivity contribution in [1.29, 1.82) is 0 Å². The fourth-order valence-electron chi connectivity index (χ4n) is 7.40. The number of carbonyl (C=O) groups excluding carboxylic acids is 1. The van der Waals surface area contributed by atoms with E-state index in [0.717, 1.165) is 80.1 Å². The van der Waals surface area contributed by atoms with Gasteiger partial charge in [-0.1, -0.05) is 65.7 Å². The van der Waals surface area contributed by atoms with Crippen molar-refractivity contribution in [2.45, 2.75) is 35.7 Å². The number of nitrogens with zero attached hydrogens (tertiary/aromatic N) is 4. The second-order valence-electron chi connectivity index (χ2n) is 15.1. The molecule has 0 radical (unpaired) electrons. The number of benzene rings is 5. The number of halogens is 1. The molecule has 5 aromatic rings. The number of thioether (sulfide) groups is 1. The van der Waals surface area contributed by atoms with Gasteiger partial charge >= 0.3 is 0 Å². The lowest BCUT2D eigenvalue weighted by Crippen LogP contribution is -2.46. The fraction of sp³-hybridized carbons (Fsp3) is 0.311. The molecule has 5 aromatic carbocycles. The number of morpholine rings is 1. The summed E-state index contributed by atoms with van der Waals surface area (Å²) in [6.07, 6.45) is 0.710. The number of hydrogen-bond donors (Lipinski definition) is 2. The number of amides is 1. The van der Waals surface area contributed by atoms with E-state index in [1.807, 2.05) is 61.5 Å². The average Bonchev–Trinajstić information content (AvgIpc) is 3.26. The van der Waals surface area contributed by atoms with E-state index in [1.165, 1.54) is 23.3 Å². The number of piperazine rings is 1. The SMILES string of the molecule is Cc1ccc(SC[C@@H](CCN2CCOCC2)Nc2ccc(S(=O)(=O)NC(=O)c3ccc(N4CCN(Cc5ccccc5-c5ccc(Cl)cc5)CC4)cc3)cc2[N+](=O)[O-])cc1. The van der Waals surface area contributed by atoms with Gasteiger partial charge in [-0.05, 0) is 90.7 Å². The van der Waals surface area contributed by atoms with Crippen LogP contribution < -0.4 is 14.9 Å². The van der Waals surface area contributed by atoms with Crippen LogP contribution in [0.2, 0.25) is 5.02 Å². The minimum atomic E-state index is -4.45. The number of rotatable bonds is 16. The van der Waals surface area contributed by atoms with E-state index in [0.29, 0.717) is 30.4 Å². The topological polar surface area (TPSA) is 137 Å². The quantitative estimate of drug-likeness (QED) is 0.0568. The fourth-order valence-corrected chi connectivity index (χ4v) is 9.49. The van der Waals surface area contributed by atoms with Crippen molar-refractivity contribution in [2.24, 2.45) is 0 Å². The van der Waals surface area contributed by atoms with E-state index in [1.54, 1.807) is 23.9 Å². The molecule has 2 N–H and O–H groups in total. The number of carbonyl (C=O) groups is 1. The van der Waals surface area contributed by atoms with Crippen LogP contribution in [0.15, 0.2) is 125 Å². The van der Waals surface area contributed by atoms with Gasteiger partial charge in [-0.2, -0.15) is 0 Å². The van der Waals surface area contributed by atoms with Crippen LogP contribution in [-0.4, -0.2) is 99.9 Å². The van der Waals surface area contributed by atoms with Crippen LogP contribution in [0.3, 0.4) is 0 Å². The third-order valence-electron chi connectivity index (χ3n) is 10.9. The highest BCUT2D eigenvalue weighted by Gasteiger charge is 2.26. The third kappa shape index (κ3) is 11.4. The van der Waals surface area contributed by atoms with Crippen LogP contribution in [0.25, 0.3) is 11.1 Å². The van der Waals surface area contributed by atoms with Crippen molar-refractivity contribution in [3.05, 3.63) is 147 Å². The summed E-state index contributed by atoms with van der Waals surface area (Å²) in [5.74, 6) is -0.192. The van der Waals surface area contributed by atoms with Gasteiger partial charge in [0.15, 0.2) is 0 Å². The Labute approximate surface area is 361 Å². The van der Waals surface area contributed by atoms with Gasteiger partial charge in [-0.3, -0.25) is 24.7 Å². The van der Waals surface area contributed by atoms with Gasteiger partial charge in [0, 0.05) is 91.4 Å². The lowest BCUT2D eigenvalue weighted by atomic mass is 9.99. The first-order valence-corrected chi connectivity index (χ1v) is 22.9. The van der Waals surface area contributed by atoms with E-state index in [9.17, 15) is 23.3 Å². The summed E-state index contributed by atoms with van der Waals surface area (Å²) in [5, 5.41) is 16.4. The molecule has 0 unspecified atom stereocenters. The molecule has 7 rings (SSSR count). The van der Waals surface area contributed by atoms with Gasteiger partial charge in [-0.15, -0.1) is 11.8 Å². The summed E-state index contributed by atoms with van der Waals surface area (Å²) < 4.78 is 34.5. The summed E-state index contributed by atoms with van der Waals surface area (Å²) >= 11 is 7.78. The molecule has 314 valence electrons. The Bertz CT molecular complexity index is 2350. The molecule has 0 aliphatic carbocycles. The molecule has 2 heterocycles. The van der Waals surface area contributed by atoms with Crippen molar-refractivity contribution >= 4 is 56.4 Å². The largest absolute Gasteiger partial charge is 0.379 e. The Morgan fingerprint density at radius 2 is 1.57 bits per heavy atom. The molecule has 60 heavy (non-hydrogen) atoms. The molecule has 0 spiro atoms. The zero-order chi connectivity index (χ0) is 42.1. The van der Waals surface area contributed by atoms with Crippen LogP contribution >= 0.6 is 23.4 Å². The second kappa shape index (κ2) is 20.1. The van der Waals surface area contributed by atoms with Crippen molar-refractivity contribution in [3.8, 4) is 11.1 Å². The first kappa shape index (κ1) is 43.1. The van der Waals surface area contributed by atoms with Crippen molar-refractivity contribution in [3.63, 3.8) is 0 Å². The minimum Gasteiger partial charge on any atom is -0.379 e. The van der Waals surface area contributed by atoms with Gasteiger partial charge in [-0.25, -0.2) is 13.1 Å². The van der Waals surface area contributed by atoms with Crippen LogP contribution in [0.5, 0.6) is 0 Å². The molecule has 1 amide bonds. The zero-order valence-electron chi connectivity index (χ0n) is 33.5. The molecule has 1 atom stereocenters. The summed E-state index contributed by atoms with van der Waals surface area (Å²) in [7, 11) is -4.45. The molecule has 0 bridgehead atoms. The Balaban J connectivity index is 0.960. The van der Waals surface area contributed by atoms with Crippen LogP contribution in [0.4, 0.5) is 17.1 Å². The molecule has 0 aromatic heterocycles. The van der Waals surface area contributed by atoms with Crippen molar-refractivity contribution < 1.29 is 22.9 Å². The molecule has 15 heteroatoms. The van der Waals surface area contributed by atoms with Crippen LogP contribution in [-0.2, 0) is 21.3 Å². The molecule has 2 aliphatic heterocycles. The van der Waals surface area contributed by atoms with Crippen molar-refractivity contribution in [1.82, 2.24) is 14.5 Å². The monoisotopic (exact) mass is 868 g/mol. The number of nitro groups is 1. The number of anilines is 2. The van der Waals surface area contributed by atoms with Gasteiger partial charge in [0.2, 0.25) is 0 Å². The summed E-state index contributed by atoms with van der Waals surface area (Å²) in [6.45, 7) is 9.86. The highest BCUT2D eigenvalue weighted by molar-refractivity contribution is 7.99. The number of nitro benzene ring substituents is 1. The maximum atomic E-state index is 13.5. The Morgan fingerprint density at radius 1 is 0.867 bits per heavy atom. The van der Waals surface area contributed by atoms with E-state index < -0.39 is 26.5 Å². The maximum Gasteiger partial charge on any atom is 0.293 e. The first-order chi connectivity index (χ1) is 29.0. The predicted octanol–water partition coefficient (Wildman–Crippen LogP) is 7.96. The Morgan fingerprint density at radius 3 is 2.27 bits per heavy atom. The Kier molecular flexibility index (Phi) is 14.4. The van der Waals surface area contributed by atoms with E-state index in [-0.39, 0.29) is 22.2 Å². The third-order valence-corrected chi connectivity index (χ3v) is 13.6. The zero-order valence-corrected chi connectivity index (χ0v) is 35.9. The molecule has 2 aliphatic rings. The molecule has 0 saturated carbocycles. The summed E-state index contributed by atoms with van der Waals surface area (Å²) in [5.41, 5.74) is 5.61. The Hall–Kier alpha value is -4.96. The van der Waals surface area contributed by atoms with E-state index in [4.69, 9.17) is 16.3 Å². The highest BCUT2D eigenvalue weighted by Crippen LogP contribution is 2.31. The molecular weight excluding hydrogens is 820 g/mol. The molecule has 12 nitrogen and oxygen atoms in total. The standard InChI is InChI=1S/C45H49ClN6O6S2/c1-33-6-16-40(17-7-33)59-32-38(20-21-49-26-28-58-29-27-49)47-43-19-18-41(30-44(43)52(54)55)60(56,57)48-45(53)35-10-14-39(15-11-35)51-24-22-50(23-25-51)31-36-4-2-3-5-42(36)34-8-12-37(46)13-9-34/h2-19,30,38,47H,20-29,31-32H2,1H3,(H,48,53)/t38-/m1/s1. The van der Waals surface area contributed by atoms with E-state index in [2.05, 4.69) is 55.1 Å². The van der Waals surface area contributed by atoms with Gasteiger partial charge in [0.05, 0.1) is 23.0 Å². The smallest absolute Gasteiger partial charge is 0.293 e. The molecule has 2 fully saturated rings. The molecule has 2 saturated heterocycles. The van der Waals surface area contributed by atoms with Gasteiger partial charge in [0.25, 0.3) is 21.6 Å². The number of ether oxygens (including phenoxy) is 1. The lowest BCUT2D eigenvalue weighted by molar-refractivity contribution is -0.384. The lowest BCUT2D eigenvalue weighted by Gasteiger charge is -2.36. The van der Waals surface area contributed by atoms with Crippen LogP contribution in [0, 0.1) is 17.0 Å². The first-order valence-electron chi connectivity index (χ1n) is 20.0. The number of sulfonamides is 1. The maximum absolute atomic E-state index is 13.5. The van der Waals surface area contributed by atoms with Gasteiger partial charge in [0.1, 0.15) is 5.69 Å². The van der Waals surface area contributed by atoms with Crippen LogP contribution in [0.1, 0.15) is 27.9 Å². The number of aryl methyl sites for hydroxylation is 1. The normalized spacial score (nSPS) is 15.7. The van der Waals surface area contributed by atoms with Crippen molar-refractivity contribution in [2.75, 3.05) is 75.0 Å².